The van der Waals surface area contributed by atoms with Crippen LogP contribution >= 0.6 is 0 Å². The number of nitrogens with zero attached hydrogens (tertiary/aromatic N) is 2. The van der Waals surface area contributed by atoms with Gasteiger partial charge in [-0.05, 0) is 37.1 Å². The number of carbonyl (C=O) groups is 3. The molecule has 0 bridgehead atoms. The van der Waals surface area contributed by atoms with E-state index in [-0.39, 0.29) is 43.5 Å². The molecular formula is C19H25N3O3. The van der Waals surface area contributed by atoms with Gasteiger partial charge in [0.15, 0.2) is 0 Å². The zero-order valence-electron chi connectivity index (χ0n) is 14.5. The maximum absolute atomic E-state index is 12.0. The first-order valence-electron chi connectivity index (χ1n) is 9.11. The minimum Gasteiger partial charge on any atom is -0.372 e. The fraction of sp³-hybridized carbons (Fsp3) is 0.526. The number of nitrogens with one attached hydrogen (secondary N) is 1. The lowest BCUT2D eigenvalue weighted by atomic mass is 10.2. The van der Waals surface area contributed by atoms with Crippen molar-refractivity contribution in [3.63, 3.8) is 0 Å². The molecule has 0 spiro atoms. The van der Waals surface area contributed by atoms with Crippen molar-refractivity contribution in [3.05, 3.63) is 24.3 Å². The van der Waals surface area contributed by atoms with Crippen molar-refractivity contribution in [2.24, 2.45) is 0 Å². The second-order valence-electron chi connectivity index (χ2n) is 6.69. The Morgan fingerprint density at radius 2 is 1.52 bits per heavy atom. The number of hydrogen-bond acceptors (Lipinski definition) is 4. The second-order valence-corrected chi connectivity index (χ2v) is 6.69. The van der Waals surface area contributed by atoms with Gasteiger partial charge >= 0.3 is 0 Å². The maximum Gasteiger partial charge on any atom is 0.229 e. The van der Waals surface area contributed by atoms with Crippen LogP contribution in [0.5, 0.6) is 0 Å². The molecule has 3 rings (SSSR count). The molecule has 25 heavy (non-hydrogen) atoms. The summed E-state index contributed by atoms with van der Waals surface area (Å²) in [6, 6.07) is 7.89. The van der Waals surface area contributed by atoms with Gasteiger partial charge in [0.2, 0.25) is 17.7 Å². The predicted octanol–water partition coefficient (Wildman–Crippen LogP) is 2.54. The first kappa shape index (κ1) is 17.5. The minimum atomic E-state index is -0.185. The van der Waals surface area contributed by atoms with E-state index in [1.54, 1.807) is 0 Å². The van der Waals surface area contributed by atoms with Gasteiger partial charge in [0.25, 0.3) is 0 Å². The quantitative estimate of drug-likeness (QED) is 0.834. The largest absolute Gasteiger partial charge is 0.372 e. The number of anilines is 2. The summed E-state index contributed by atoms with van der Waals surface area (Å²) in [6.45, 7) is 2.34. The molecule has 1 aromatic carbocycles. The van der Waals surface area contributed by atoms with E-state index in [2.05, 4.69) is 10.2 Å². The van der Waals surface area contributed by atoms with Crippen molar-refractivity contribution in [3.8, 4) is 0 Å². The van der Waals surface area contributed by atoms with Crippen LogP contribution < -0.4 is 10.2 Å². The first-order valence-corrected chi connectivity index (χ1v) is 9.11. The third-order valence-electron chi connectivity index (χ3n) is 4.84. The average Bonchev–Trinajstić information content (AvgIpc) is 2.82. The summed E-state index contributed by atoms with van der Waals surface area (Å²) in [5, 5.41) is 2.83. The van der Waals surface area contributed by atoms with Crippen LogP contribution in [-0.4, -0.2) is 42.3 Å². The second kappa shape index (κ2) is 8.14. The van der Waals surface area contributed by atoms with Crippen LogP contribution in [0.4, 0.5) is 11.4 Å². The van der Waals surface area contributed by atoms with E-state index in [1.165, 1.54) is 36.3 Å². The van der Waals surface area contributed by atoms with Gasteiger partial charge in [0, 0.05) is 50.3 Å². The minimum absolute atomic E-state index is 0.130. The van der Waals surface area contributed by atoms with Crippen molar-refractivity contribution in [1.29, 1.82) is 0 Å². The molecule has 0 unspecified atom stereocenters. The van der Waals surface area contributed by atoms with Crippen LogP contribution in [0.25, 0.3) is 0 Å². The van der Waals surface area contributed by atoms with Gasteiger partial charge in [-0.25, -0.2) is 0 Å². The van der Waals surface area contributed by atoms with Crippen LogP contribution in [0.3, 0.4) is 0 Å². The summed E-state index contributed by atoms with van der Waals surface area (Å²) in [7, 11) is 0. The molecule has 2 saturated heterocycles. The van der Waals surface area contributed by atoms with Gasteiger partial charge < -0.3 is 10.2 Å². The van der Waals surface area contributed by atoms with Gasteiger partial charge in [-0.3, -0.25) is 19.3 Å². The molecule has 2 aliphatic heterocycles. The fourth-order valence-corrected chi connectivity index (χ4v) is 3.39. The van der Waals surface area contributed by atoms with Gasteiger partial charge in [-0.2, -0.15) is 0 Å². The summed E-state index contributed by atoms with van der Waals surface area (Å²) < 4.78 is 0. The molecule has 134 valence electrons. The van der Waals surface area contributed by atoms with Gasteiger partial charge in [0.05, 0.1) is 0 Å². The van der Waals surface area contributed by atoms with E-state index in [1.807, 2.05) is 24.3 Å². The summed E-state index contributed by atoms with van der Waals surface area (Å²) in [6.07, 6.45) is 5.71. The zero-order valence-corrected chi connectivity index (χ0v) is 14.5. The molecule has 2 fully saturated rings. The monoisotopic (exact) mass is 343 g/mol. The molecule has 0 aliphatic carbocycles. The third-order valence-corrected chi connectivity index (χ3v) is 4.84. The summed E-state index contributed by atoms with van der Waals surface area (Å²) >= 11 is 0. The molecule has 6 heteroatoms. The van der Waals surface area contributed by atoms with Gasteiger partial charge in [-0.1, -0.05) is 12.8 Å². The van der Waals surface area contributed by atoms with Crippen molar-refractivity contribution in [2.45, 2.75) is 44.9 Å². The Labute approximate surface area is 148 Å². The van der Waals surface area contributed by atoms with Gasteiger partial charge in [-0.15, -0.1) is 0 Å². The number of carbonyl (C=O) groups excluding carboxylic acids is 3. The highest BCUT2D eigenvalue weighted by molar-refractivity contribution is 6.02. The van der Waals surface area contributed by atoms with E-state index in [4.69, 9.17) is 0 Å². The molecule has 3 amide bonds. The molecule has 2 aliphatic rings. The lowest BCUT2D eigenvalue weighted by Crippen LogP contribution is -2.32. The lowest BCUT2D eigenvalue weighted by molar-refractivity contribution is -0.138. The van der Waals surface area contributed by atoms with E-state index in [9.17, 15) is 14.4 Å². The standard InChI is InChI=1S/C19H25N3O3/c23-17(11-14-22-18(24)9-10-19(22)25)20-15-5-7-16(8-6-15)21-12-3-1-2-4-13-21/h5-8H,1-4,9-14H2,(H,20,23). The number of likely N-dealkylation sites (tertiary alicyclic amines) is 1. The molecule has 6 nitrogen and oxygen atoms in total. The highest BCUT2D eigenvalue weighted by atomic mass is 16.2. The smallest absolute Gasteiger partial charge is 0.229 e. The number of amides is 3. The maximum atomic E-state index is 12.0. The van der Waals surface area contributed by atoms with Crippen LogP contribution in [-0.2, 0) is 14.4 Å². The van der Waals surface area contributed by atoms with E-state index >= 15 is 0 Å². The van der Waals surface area contributed by atoms with Crippen molar-refractivity contribution in [1.82, 2.24) is 4.90 Å². The third kappa shape index (κ3) is 4.59. The Bertz CT molecular complexity index is 618. The highest BCUT2D eigenvalue weighted by Crippen LogP contribution is 2.21. The number of imide groups is 1. The SMILES string of the molecule is O=C(CCN1C(=O)CCC1=O)Nc1ccc(N2CCCCCC2)cc1. The summed E-state index contributed by atoms with van der Waals surface area (Å²) in [5.74, 6) is -0.547. The molecular weight excluding hydrogens is 318 g/mol. The molecule has 0 aromatic heterocycles. The Balaban J connectivity index is 1.49. The highest BCUT2D eigenvalue weighted by Gasteiger charge is 2.28. The summed E-state index contributed by atoms with van der Waals surface area (Å²) in [5.41, 5.74) is 1.93. The topological polar surface area (TPSA) is 69.7 Å². The summed E-state index contributed by atoms with van der Waals surface area (Å²) in [4.78, 5) is 38.7. The van der Waals surface area contributed by atoms with Crippen LogP contribution in [0, 0.1) is 0 Å². The fourth-order valence-electron chi connectivity index (χ4n) is 3.39. The number of rotatable bonds is 5. The van der Waals surface area contributed by atoms with Gasteiger partial charge in [0.1, 0.15) is 0 Å². The van der Waals surface area contributed by atoms with Crippen LogP contribution in [0.1, 0.15) is 44.9 Å². The molecule has 0 atom stereocenters. The average molecular weight is 343 g/mol. The van der Waals surface area contributed by atoms with Crippen molar-refractivity contribution < 1.29 is 14.4 Å². The Morgan fingerprint density at radius 3 is 2.12 bits per heavy atom. The molecule has 1 aromatic rings. The normalized spacial score (nSPS) is 18.4. The molecule has 1 N–H and O–H groups in total. The van der Waals surface area contributed by atoms with Crippen LogP contribution in [0.15, 0.2) is 24.3 Å². The predicted molar refractivity (Wildman–Crippen MR) is 96.3 cm³/mol. The molecule has 2 heterocycles. The van der Waals surface area contributed by atoms with Crippen molar-refractivity contribution >= 4 is 29.1 Å². The Morgan fingerprint density at radius 1 is 0.920 bits per heavy atom. The van der Waals surface area contributed by atoms with E-state index < -0.39 is 0 Å². The number of benzene rings is 1. The number of hydrogen-bond donors (Lipinski definition) is 1. The Kier molecular flexibility index (Phi) is 5.68. The molecule has 0 radical (unpaired) electrons. The van der Waals surface area contributed by atoms with E-state index in [0.29, 0.717) is 0 Å². The zero-order chi connectivity index (χ0) is 17.6. The molecule has 0 saturated carbocycles. The first-order chi connectivity index (χ1) is 12.1. The Hall–Kier alpha value is -2.37. The van der Waals surface area contributed by atoms with Crippen LogP contribution in [0.2, 0.25) is 0 Å². The van der Waals surface area contributed by atoms with Crippen molar-refractivity contribution in [2.75, 3.05) is 29.9 Å². The van der Waals surface area contributed by atoms with E-state index in [0.717, 1.165) is 18.8 Å². The lowest BCUT2D eigenvalue weighted by Gasteiger charge is -2.22.